The van der Waals surface area contributed by atoms with Crippen LogP contribution in [-0.4, -0.2) is 34.7 Å². The summed E-state index contributed by atoms with van der Waals surface area (Å²) >= 11 is 2.73. The predicted molar refractivity (Wildman–Crippen MR) is 119 cm³/mol. The number of anilines is 2. The maximum atomic E-state index is 12.3. The Morgan fingerprint density at radius 3 is 2.54 bits per heavy atom. The quantitative estimate of drug-likeness (QED) is 0.446. The molecule has 0 spiro atoms. The minimum atomic E-state index is -0.151. The van der Waals surface area contributed by atoms with Gasteiger partial charge in [-0.15, -0.1) is 11.3 Å². The summed E-state index contributed by atoms with van der Waals surface area (Å²) < 4.78 is 0. The molecule has 0 bridgehead atoms. The van der Waals surface area contributed by atoms with E-state index in [4.69, 9.17) is 0 Å². The zero-order chi connectivity index (χ0) is 20.3. The number of H-pyrrole nitrogens is 1. The lowest BCUT2D eigenvalue weighted by Crippen LogP contribution is -2.21. The molecule has 0 atom stereocenters. The van der Waals surface area contributed by atoms with Gasteiger partial charge in [-0.05, 0) is 57.5 Å². The van der Waals surface area contributed by atoms with Gasteiger partial charge in [-0.1, -0.05) is 11.8 Å². The van der Waals surface area contributed by atoms with E-state index >= 15 is 0 Å². The summed E-state index contributed by atoms with van der Waals surface area (Å²) in [5.41, 5.74) is 2.70. The molecule has 0 aliphatic rings. The lowest BCUT2D eigenvalue weighted by molar-refractivity contribution is -0.113. The molecule has 3 rings (SSSR count). The minimum absolute atomic E-state index is 0.137. The van der Waals surface area contributed by atoms with E-state index in [0.717, 1.165) is 34.9 Å². The predicted octanol–water partition coefficient (Wildman–Crippen LogP) is 4.18. The van der Waals surface area contributed by atoms with Crippen molar-refractivity contribution in [1.82, 2.24) is 9.97 Å². The Morgan fingerprint density at radius 2 is 1.89 bits per heavy atom. The Hall–Kier alpha value is -2.32. The van der Waals surface area contributed by atoms with Crippen LogP contribution in [0.15, 0.2) is 34.2 Å². The number of aryl methyl sites for hydroxylation is 2. The van der Waals surface area contributed by atoms with Crippen molar-refractivity contribution >= 4 is 50.6 Å². The normalized spacial score (nSPS) is 11.0. The van der Waals surface area contributed by atoms with Crippen LogP contribution < -0.4 is 15.8 Å². The van der Waals surface area contributed by atoms with Gasteiger partial charge in [-0.25, -0.2) is 4.98 Å². The molecular weight excluding hydrogens is 392 g/mol. The molecule has 0 aliphatic carbocycles. The topological polar surface area (TPSA) is 78.1 Å². The summed E-state index contributed by atoms with van der Waals surface area (Å²) in [7, 11) is 0. The first-order valence-corrected chi connectivity index (χ1v) is 11.0. The van der Waals surface area contributed by atoms with Gasteiger partial charge in [-0.2, -0.15) is 0 Å². The number of aromatic amines is 1. The Balaban J connectivity index is 1.63. The Morgan fingerprint density at radius 1 is 1.21 bits per heavy atom. The van der Waals surface area contributed by atoms with Gasteiger partial charge < -0.3 is 15.2 Å². The van der Waals surface area contributed by atoms with Crippen molar-refractivity contribution in [2.75, 3.05) is 29.1 Å². The van der Waals surface area contributed by atoms with E-state index in [2.05, 4.69) is 34.0 Å². The number of thiophene rings is 1. The Kier molecular flexibility index (Phi) is 6.41. The number of carbonyl (C=O) groups is 1. The number of nitrogens with zero attached hydrogens (tertiary/aromatic N) is 2. The van der Waals surface area contributed by atoms with Gasteiger partial charge in [0.1, 0.15) is 4.83 Å². The summed E-state index contributed by atoms with van der Waals surface area (Å²) in [4.78, 5) is 35.9. The van der Waals surface area contributed by atoms with Gasteiger partial charge >= 0.3 is 0 Å². The van der Waals surface area contributed by atoms with E-state index in [1.807, 2.05) is 38.1 Å². The van der Waals surface area contributed by atoms with Crippen molar-refractivity contribution in [2.45, 2.75) is 32.9 Å². The fourth-order valence-corrected chi connectivity index (χ4v) is 4.73. The first kappa shape index (κ1) is 20.4. The van der Waals surface area contributed by atoms with E-state index in [1.54, 1.807) is 0 Å². The van der Waals surface area contributed by atoms with Crippen molar-refractivity contribution in [3.63, 3.8) is 0 Å². The van der Waals surface area contributed by atoms with Crippen molar-refractivity contribution in [3.8, 4) is 0 Å². The molecule has 8 heteroatoms. The lowest BCUT2D eigenvalue weighted by Gasteiger charge is -2.21. The standard InChI is InChI=1S/C20H24N4O2S2/c1-5-24(6-2)15-9-7-14(8-10-15)21-16(25)11-27-20-22-18(26)17-12(3)13(4)28-19(17)23-20/h7-10H,5-6,11H2,1-4H3,(H,21,25)(H,22,23,26). The van der Waals surface area contributed by atoms with Crippen molar-refractivity contribution < 1.29 is 4.79 Å². The van der Waals surface area contributed by atoms with Crippen LogP contribution in [-0.2, 0) is 4.79 Å². The minimum Gasteiger partial charge on any atom is -0.372 e. The van der Waals surface area contributed by atoms with Crippen LogP contribution in [0.1, 0.15) is 24.3 Å². The monoisotopic (exact) mass is 416 g/mol. The average Bonchev–Trinajstić information content (AvgIpc) is 2.96. The Bertz CT molecular complexity index is 1040. The van der Waals surface area contributed by atoms with E-state index in [1.165, 1.54) is 23.1 Å². The number of fused-ring (bicyclic) bond motifs is 1. The highest BCUT2D eigenvalue weighted by molar-refractivity contribution is 7.99. The highest BCUT2D eigenvalue weighted by Gasteiger charge is 2.13. The van der Waals surface area contributed by atoms with E-state index < -0.39 is 0 Å². The third-order valence-corrected chi connectivity index (χ3v) is 6.61. The second kappa shape index (κ2) is 8.79. The molecule has 6 nitrogen and oxygen atoms in total. The lowest BCUT2D eigenvalue weighted by atomic mass is 10.2. The van der Waals surface area contributed by atoms with Crippen LogP contribution >= 0.6 is 23.1 Å². The van der Waals surface area contributed by atoms with Crippen molar-refractivity contribution in [3.05, 3.63) is 45.1 Å². The number of rotatable bonds is 7. The molecule has 0 saturated heterocycles. The number of benzene rings is 1. The third kappa shape index (κ3) is 4.39. The maximum absolute atomic E-state index is 12.3. The molecule has 2 heterocycles. The zero-order valence-electron chi connectivity index (χ0n) is 16.5. The Labute approximate surface area is 172 Å². The number of carbonyl (C=O) groups excluding carboxylic acids is 1. The number of thioether (sulfide) groups is 1. The van der Waals surface area contributed by atoms with Crippen molar-refractivity contribution in [1.29, 1.82) is 0 Å². The molecule has 0 radical (unpaired) electrons. The number of amides is 1. The van der Waals surface area contributed by atoms with Crippen LogP contribution in [0.4, 0.5) is 11.4 Å². The second-order valence-corrected chi connectivity index (χ2v) is 8.56. The number of hydrogen-bond acceptors (Lipinski definition) is 6. The summed E-state index contributed by atoms with van der Waals surface area (Å²) in [6.07, 6.45) is 0. The highest BCUT2D eigenvalue weighted by Crippen LogP contribution is 2.27. The molecule has 1 aromatic carbocycles. The molecule has 0 aliphatic heterocycles. The van der Waals surface area contributed by atoms with Gasteiger partial charge in [-0.3, -0.25) is 9.59 Å². The van der Waals surface area contributed by atoms with E-state index in [9.17, 15) is 9.59 Å². The summed E-state index contributed by atoms with van der Waals surface area (Å²) in [5, 5.41) is 3.99. The molecule has 3 aromatic rings. The van der Waals surface area contributed by atoms with Gasteiger partial charge in [0.25, 0.3) is 5.56 Å². The largest absolute Gasteiger partial charge is 0.372 e. The van der Waals surface area contributed by atoms with Crippen LogP contribution in [0.2, 0.25) is 0 Å². The summed E-state index contributed by atoms with van der Waals surface area (Å²) in [5.74, 6) is 0.0390. The van der Waals surface area contributed by atoms with Crippen molar-refractivity contribution in [2.24, 2.45) is 0 Å². The van der Waals surface area contributed by atoms with Gasteiger partial charge in [0.2, 0.25) is 5.91 Å². The molecule has 2 N–H and O–H groups in total. The van der Waals surface area contributed by atoms with Gasteiger partial charge in [0.05, 0.1) is 11.1 Å². The molecule has 0 fully saturated rings. The molecular formula is C20H24N4O2S2. The summed E-state index contributed by atoms with van der Waals surface area (Å²) in [6.45, 7) is 10.0. The van der Waals surface area contributed by atoms with Crippen LogP contribution in [0.3, 0.4) is 0 Å². The zero-order valence-corrected chi connectivity index (χ0v) is 18.1. The van der Waals surface area contributed by atoms with Crippen LogP contribution in [0.25, 0.3) is 10.2 Å². The SMILES string of the molecule is CCN(CC)c1ccc(NC(=O)CSc2nc3sc(C)c(C)c3c(=O)[nH]2)cc1. The smallest absolute Gasteiger partial charge is 0.260 e. The van der Waals surface area contributed by atoms with Crippen LogP contribution in [0.5, 0.6) is 0 Å². The maximum Gasteiger partial charge on any atom is 0.260 e. The van der Waals surface area contributed by atoms with E-state index in [0.29, 0.717) is 15.4 Å². The molecule has 0 saturated carbocycles. The molecule has 148 valence electrons. The highest BCUT2D eigenvalue weighted by atomic mass is 32.2. The second-order valence-electron chi connectivity index (χ2n) is 6.39. The average molecular weight is 417 g/mol. The molecule has 0 unspecified atom stereocenters. The third-order valence-electron chi connectivity index (χ3n) is 4.64. The van der Waals surface area contributed by atoms with E-state index in [-0.39, 0.29) is 17.2 Å². The first-order valence-electron chi connectivity index (χ1n) is 9.20. The van der Waals surface area contributed by atoms with Crippen LogP contribution in [0, 0.1) is 13.8 Å². The number of hydrogen-bond donors (Lipinski definition) is 2. The molecule has 28 heavy (non-hydrogen) atoms. The van der Waals surface area contributed by atoms with Gasteiger partial charge in [0, 0.05) is 29.3 Å². The first-order chi connectivity index (χ1) is 13.4. The molecule has 1 amide bonds. The van der Waals surface area contributed by atoms with Gasteiger partial charge in [0.15, 0.2) is 5.16 Å². The number of aromatic nitrogens is 2. The summed E-state index contributed by atoms with van der Waals surface area (Å²) in [6, 6.07) is 7.81. The number of nitrogens with one attached hydrogen (secondary N) is 2. The fraction of sp³-hybridized carbons (Fsp3) is 0.350. The fourth-order valence-electron chi connectivity index (χ4n) is 2.98. The molecule has 2 aromatic heterocycles.